The molecular formula is C14H24O2S. The van der Waals surface area contributed by atoms with Crippen LogP contribution in [0.4, 0.5) is 0 Å². The molecule has 0 aliphatic rings. The number of aromatic hydroxyl groups is 2. The minimum absolute atomic E-state index is 0.220. The predicted molar refractivity (Wildman–Crippen MR) is 74.0 cm³/mol. The fraction of sp³-hybridized carbons (Fsp3) is 0.714. The predicted octanol–water partition coefficient (Wildman–Crippen LogP) is 4.84. The van der Waals surface area contributed by atoms with Crippen molar-refractivity contribution in [3.05, 3.63) is 11.6 Å². The molecule has 2 N–H and O–H groups in total. The molecule has 0 bridgehead atoms. The maximum absolute atomic E-state index is 9.49. The highest BCUT2D eigenvalue weighted by molar-refractivity contribution is 7.15. The van der Waals surface area contributed by atoms with Crippen molar-refractivity contribution < 1.29 is 10.2 Å². The molecule has 0 radical (unpaired) electrons. The molecule has 0 atom stereocenters. The summed E-state index contributed by atoms with van der Waals surface area (Å²) < 4.78 is 0. The molecule has 0 unspecified atom stereocenters. The van der Waals surface area contributed by atoms with Crippen LogP contribution in [0.1, 0.15) is 63.9 Å². The molecule has 0 aliphatic carbocycles. The molecule has 0 aromatic carbocycles. The fourth-order valence-corrected chi connectivity index (χ4v) is 2.72. The van der Waals surface area contributed by atoms with E-state index in [2.05, 4.69) is 6.92 Å². The Bertz CT molecular complexity index is 307. The molecule has 98 valence electrons. The van der Waals surface area contributed by atoms with E-state index in [0.717, 1.165) is 29.7 Å². The average molecular weight is 256 g/mol. The first-order valence-corrected chi connectivity index (χ1v) is 7.56. The first kappa shape index (κ1) is 14.4. The van der Waals surface area contributed by atoms with Crippen LogP contribution in [0.3, 0.4) is 0 Å². The maximum Gasteiger partial charge on any atom is 0.177 e. The Morgan fingerprint density at radius 2 is 1.53 bits per heavy atom. The lowest BCUT2D eigenvalue weighted by Gasteiger charge is -2.01. The van der Waals surface area contributed by atoms with Crippen molar-refractivity contribution in [2.24, 2.45) is 0 Å². The summed E-state index contributed by atoms with van der Waals surface area (Å²) in [6.07, 6.45) is 11.2. The monoisotopic (exact) mass is 256 g/mol. The van der Waals surface area contributed by atoms with Gasteiger partial charge in [0, 0.05) is 5.56 Å². The molecule has 3 heteroatoms. The summed E-state index contributed by atoms with van der Waals surface area (Å²) in [5.41, 5.74) is 0.901. The summed E-state index contributed by atoms with van der Waals surface area (Å²) in [7, 11) is 0. The third-order valence-corrected chi connectivity index (χ3v) is 3.86. The largest absolute Gasteiger partial charge is 0.499 e. The zero-order chi connectivity index (χ0) is 12.5. The summed E-state index contributed by atoms with van der Waals surface area (Å²) in [4.78, 5) is 0. The highest BCUT2D eigenvalue weighted by atomic mass is 32.1. The van der Waals surface area contributed by atoms with E-state index >= 15 is 0 Å². The van der Waals surface area contributed by atoms with Crippen LogP contribution >= 0.6 is 11.3 Å². The van der Waals surface area contributed by atoms with Crippen molar-refractivity contribution in [2.45, 2.75) is 64.7 Å². The summed E-state index contributed by atoms with van der Waals surface area (Å²) in [6.45, 7) is 2.24. The standard InChI is InChI=1S/C14H24O2S/c1-2-3-4-5-6-7-8-9-10-12-11-13(15)17-14(12)16/h11,15-16H,2-10H2,1H3. The maximum atomic E-state index is 9.49. The third kappa shape index (κ3) is 5.97. The van der Waals surface area contributed by atoms with Crippen molar-refractivity contribution in [3.8, 4) is 10.1 Å². The molecule has 1 aromatic heterocycles. The molecule has 1 rings (SSSR count). The molecule has 0 aliphatic heterocycles. The lowest BCUT2D eigenvalue weighted by Crippen LogP contribution is -1.84. The molecule has 0 amide bonds. The second-order valence-corrected chi connectivity index (χ2v) is 5.65. The van der Waals surface area contributed by atoms with E-state index in [1.54, 1.807) is 6.07 Å². The first-order valence-electron chi connectivity index (χ1n) is 6.74. The van der Waals surface area contributed by atoms with E-state index in [1.165, 1.54) is 44.9 Å². The Hall–Kier alpha value is -0.700. The Morgan fingerprint density at radius 3 is 2.06 bits per heavy atom. The van der Waals surface area contributed by atoms with Gasteiger partial charge in [-0.05, 0) is 18.9 Å². The molecular weight excluding hydrogens is 232 g/mol. The number of rotatable bonds is 9. The van der Waals surface area contributed by atoms with E-state index in [0.29, 0.717) is 0 Å². The lowest BCUT2D eigenvalue weighted by atomic mass is 10.1. The summed E-state index contributed by atoms with van der Waals surface area (Å²) in [6, 6.07) is 1.68. The van der Waals surface area contributed by atoms with Crippen LogP contribution in [0.5, 0.6) is 10.1 Å². The highest BCUT2D eigenvalue weighted by Crippen LogP contribution is 2.34. The number of aryl methyl sites for hydroxylation is 1. The van der Waals surface area contributed by atoms with Crippen LogP contribution in [0, 0.1) is 0 Å². The smallest absolute Gasteiger partial charge is 0.177 e. The van der Waals surface area contributed by atoms with Crippen LogP contribution in [0.15, 0.2) is 6.07 Å². The van der Waals surface area contributed by atoms with Gasteiger partial charge in [0.05, 0.1) is 0 Å². The highest BCUT2D eigenvalue weighted by Gasteiger charge is 2.06. The minimum atomic E-state index is 0.220. The number of hydrogen-bond acceptors (Lipinski definition) is 3. The first-order chi connectivity index (χ1) is 8.24. The van der Waals surface area contributed by atoms with Gasteiger partial charge in [-0.3, -0.25) is 0 Å². The van der Waals surface area contributed by atoms with Gasteiger partial charge in [-0.15, -0.1) is 0 Å². The van der Waals surface area contributed by atoms with E-state index in [1.807, 2.05) is 0 Å². The minimum Gasteiger partial charge on any atom is -0.499 e. The van der Waals surface area contributed by atoms with E-state index in [-0.39, 0.29) is 10.1 Å². The summed E-state index contributed by atoms with van der Waals surface area (Å²) >= 11 is 1.06. The van der Waals surface area contributed by atoms with Crippen molar-refractivity contribution in [2.75, 3.05) is 0 Å². The lowest BCUT2D eigenvalue weighted by molar-refractivity contribution is 0.482. The van der Waals surface area contributed by atoms with Crippen molar-refractivity contribution in [1.82, 2.24) is 0 Å². The molecule has 0 saturated heterocycles. The van der Waals surface area contributed by atoms with Gasteiger partial charge in [0.25, 0.3) is 0 Å². The van der Waals surface area contributed by atoms with Gasteiger partial charge < -0.3 is 10.2 Å². The van der Waals surface area contributed by atoms with Crippen LogP contribution in [-0.4, -0.2) is 10.2 Å². The van der Waals surface area contributed by atoms with Crippen molar-refractivity contribution in [3.63, 3.8) is 0 Å². The molecule has 0 saturated carbocycles. The van der Waals surface area contributed by atoms with E-state index in [4.69, 9.17) is 0 Å². The van der Waals surface area contributed by atoms with Crippen LogP contribution < -0.4 is 0 Å². The van der Waals surface area contributed by atoms with E-state index < -0.39 is 0 Å². The quantitative estimate of drug-likeness (QED) is 0.620. The number of thiophene rings is 1. The van der Waals surface area contributed by atoms with Crippen molar-refractivity contribution >= 4 is 11.3 Å². The average Bonchev–Trinajstić information content (AvgIpc) is 2.61. The van der Waals surface area contributed by atoms with Crippen LogP contribution in [0.2, 0.25) is 0 Å². The molecule has 2 nitrogen and oxygen atoms in total. The second kappa shape index (κ2) is 8.40. The van der Waals surface area contributed by atoms with Gasteiger partial charge in [-0.25, -0.2) is 0 Å². The third-order valence-electron chi connectivity index (χ3n) is 3.07. The van der Waals surface area contributed by atoms with Crippen LogP contribution in [-0.2, 0) is 6.42 Å². The molecule has 17 heavy (non-hydrogen) atoms. The Morgan fingerprint density at radius 1 is 0.941 bits per heavy atom. The van der Waals surface area contributed by atoms with Crippen molar-refractivity contribution in [1.29, 1.82) is 0 Å². The Kier molecular flexibility index (Phi) is 7.10. The fourth-order valence-electron chi connectivity index (χ4n) is 2.03. The van der Waals surface area contributed by atoms with Gasteiger partial charge in [0.2, 0.25) is 0 Å². The normalized spacial score (nSPS) is 10.9. The number of unbranched alkanes of at least 4 members (excludes halogenated alkanes) is 7. The molecule has 0 fully saturated rings. The van der Waals surface area contributed by atoms with Gasteiger partial charge >= 0.3 is 0 Å². The summed E-state index contributed by atoms with van der Waals surface area (Å²) in [5, 5.41) is 19.2. The SMILES string of the molecule is CCCCCCCCCCc1cc(O)sc1O. The topological polar surface area (TPSA) is 40.5 Å². The second-order valence-electron chi connectivity index (χ2n) is 4.64. The zero-order valence-electron chi connectivity index (χ0n) is 10.7. The zero-order valence-corrected chi connectivity index (χ0v) is 11.6. The van der Waals surface area contributed by atoms with Gasteiger partial charge in [0.1, 0.15) is 0 Å². The number of hydrogen-bond donors (Lipinski definition) is 2. The Balaban J connectivity index is 1.99. The van der Waals surface area contributed by atoms with E-state index in [9.17, 15) is 10.2 Å². The Labute approximate surface area is 108 Å². The van der Waals surface area contributed by atoms with Gasteiger partial charge in [0.15, 0.2) is 10.1 Å². The van der Waals surface area contributed by atoms with Crippen LogP contribution in [0.25, 0.3) is 0 Å². The molecule has 0 spiro atoms. The summed E-state index contributed by atoms with van der Waals surface area (Å²) in [5.74, 6) is 0. The molecule has 1 heterocycles. The van der Waals surface area contributed by atoms with Gasteiger partial charge in [-0.1, -0.05) is 63.2 Å². The molecule has 1 aromatic rings. The van der Waals surface area contributed by atoms with Gasteiger partial charge in [-0.2, -0.15) is 0 Å².